The molecule has 0 amide bonds. The summed E-state index contributed by atoms with van der Waals surface area (Å²) in [5.74, 6) is 0. The molecule has 50 valence electrons. The Hall–Kier alpha value is -1.07. The third-order valence-corrected chi connectivity index (χ3v) is 1.59. The summed E-state index contributed by atoms with van der Waals surface area (Å²) in [5, 5.41) is 9.00. The number of rotatable bonds is 0. The number of pyridine rings is 1. The number of halogens is 1. The van der Waals surface area contributed by atoms with Crippen LogP contribution in [0, 0.1) is 11.3 Å². The monoisotopic (exact) mass is 153 g/mol. The normalized spacial score (nSPS) is 8.90. The molecule has 1 aromatic heterocycles. The second-order valence-corrected chi connectivity index (χ2v) is 2.35. The van der Waals surface area contributed by atoms with Gasteiger partial charge in [-0.1, -0.05) is 0 Å². The Kier molecular flexibility index (Phi) is 1.88. The molecule has 0 bridgehead atoms. The third kappa shape index (κ3) is 1.26. The van der Waals surface area contributed by atoms with Crippen LogP contribution in [0.4, 0.5) is 0 Å². The molecular weight excluding hydrogens is 148 g/mol. The molecule has 0 aromatic carbocycles. The average molecular weight is 154 g/mol. The molecule has 0 spiro atoms. The highest BCUT2D eigenvalue weighted by atomic mass is 35.5. The first kappa shape index (κ1) is 7.04. The lowest BCUT2D eigenvalue weighted by Crippen LogP contribution is -2.28. The number of hydrogen-bond acceptors (Lipinski definition) is 1. The SMILES string of the molecule is C[n+]1ccc(C#N)cc1Cl. The minimum absolute atomic E-state index is 0.569. The first-order valence-corrected chi connectivity index (χ1v) is 3.17. The second kappa shape index (κ2) is 2.68. The van der Waals surface area contributed by atoms with Crippen molar-refractivity contribution in [2.45, 2.75) is 0 Å². The van der Waals surface area contributed by atoms with E-state index in [9.17, 15) is 0 Å². The van der Waals surface area contributed by atoms with E-state index in [0.29, 0.717) is 10.7 Å². The van der Waals surface area contributed by atoms with Gasteiger partial charge in [0.05, 0.1) is 11.6 Å². The Balaban J connectivity index is 3.20. The van der Waals surface area contributed by atoms with E-state index in [2.05, 4.69) is 0 Å². The minimum Gasteiger partial charge on any atom is -0.192 e. The summed E-state index contributed by atoms with van der Waals surface area (Å²) in [4.78, 5) is 0. The highest BCUT2D eigenvalue weighted by Gasteiger charge is 2.01. The van der Waals surface area contributed by atoms with Gasteiger partial charge >= 0.3 is 0 Å². The smallest absolute Gasteiger partial charge is 0.192 e. The summed E-state index contributed by atoms with van der Waals surface area (Å²) in [6.45, 7) is 0. The Bertz CT molecular complexity index is 288. The largest absolute Gasteiger partial charge is 0.275 e. The van der Waals surface area contributed by atoms with Gasteiger partial charge in [-0.05, 0) is 11.6 Å². The predicted octanol–water partition coefficient (Wildman–Crippen LogP) is 1.04. The van der Waals surface area contributed by atoms with Gasteiger partial charge in [-0.25, -0.2) is 0 Å². The standard InChI is InChI=1S/C7H6ClN2/c1-10-3-2-6(5-9)4-7(10)8/h2-4H,1H3/q+1. The van der Waals surface area contributed by atoms with Crippen molar-refractivity contribution in [3.63, 3.8) is 0 Å². The first-order valence-electron chi connectivity index (χ1n) is 2.79. The van der Waals surface area contributed by atoms with Gasteiger partial charge in [-0.2, -0.15) is 9.83 Å². The van der Waals surface area contributed by atoms with E-state index in [1.807, 2.05) is 13.1 Å². The fourth-order valence-electron chi connectivity index (χ4n) is 0.611. The van der Waals surface area contributed by atoms with Gasteiger partial charge in [-0.15, -0.1) is 0 Å². The zero-order valence-corrected chi connectivity index (χ0v) is 6.26. The summed E-state index contributed by atoms with van der Waals surface area (Å²) in [6, 6.07) is 5.34. The maximum absolute atomic E-state index is 8.44. The molecule has 2 nitrogen and oxygen atoms in total. The van der Waals surface area contributed by atoms with Crippen LogP contribution in [-0.2, 0) is 7.05 Å². The van der Waals surface area contributed by atoms with Crippen LogP contribution in [0.3, 0.4) is 0 Å². The number of aromatic nitrogens is 1. The highest BCUT2D eigenvalue weighted by Crippen LogP contribution is 2.02. The lowest BCUT2D eigenvalue weighted by atomic mass is 10.3. The Labute approximate surface area is 64.3 Å². The van der Waals surface area contributed by atoms with E-state index >= 15 is 0 Å². The van der Waals surface area contributed by atoms with Crippen molar-refractivity contribution in [1.82, 2.24) is 0 Å². The topological polar surface area (TPSA) is 27.7 Å². The molecule has 3 heteroatoms. The zero-order chi connectivity index (χ0) is 7.56. The van der Waals surface area contributed by atoms with Crippen molar-refractivity contribution in [3.8, 4) is 6.07 Å². The Morgan fingerprint density at radius 1 is 1.70 bits per heavy atom. The van der Waals surface area contributed by atoms with Gasteiger partial charge in [0.15, 0.2) is 6.20 Å². The summed E-state index contributed by atoms with van der Waals surface area (Å²) in [6.07, 6.45) is 1.75. The van der Waals surface area contributed by atoms with Crippen LogP contribution in [0.25, 0.3) is 0 Å². The fraction of sp³-hybridized carbons (Fsp3) is 0.143. The van der Waals surface area contributed by atoms with Crippen LogP contribution in [-0.4, -0.2) is 0 Å². The van der Waals surface area contributed by atoms with E-state index < -0.39 is 0 Å². The van der Waals surface area contributed by atoms with Gasteiger partial charge < -0.3 is 0 Å². The molecule has 0 radical (unpaired) electrons. The lowest BCUT2D eigenvalue weighted by molar-refractivity contribution is -0.669. The lowest BCUT2D eigenvalue weighted by Gasteiger charge is -1.88. The van der Waals surface area contributed by atoms with E-state index in [4.69, 9.17) is 16.9 Å². The summed E-state index contributed by atoms with van der Waals surface area (Å²) in [5.41, 5.74) is 0.586. The highest BCUT2D eigenvalue weighted by molar-refractivity contribution is 6.28. The molecule has 10 heavy (non-hydrogen) atoms. The number of aryl methyl sites for hydroxylation is 1. The maximum atomic E-state index is 8.44. The van der Waals surface area contributed by atoms with Crippen LogP contribution in [0.1, 0.15) is 5.56 Å². The van der Waals surface area contributed by atoms with Gasteiger partial charge in [0.1, 0.15) is 7.05 Å². The summed E-state index contributed by atoms with van der Waals surface area (Å²) >= 11 is 5.70. The molecule has 0 atom stereocenters. The van der Waals surface area contributed by atoms with Crippen LogP contribution in [0.2, 0.25) is 5.15 Å². The molecule has 0 aliphatic heterocycles. The number of nitrogens with zero attached hydrogens (tertiary/aromatic N) is 2. The van der Waals surface area contributed by atoms with Gasteiger partial charge in [0.2, 0.25) is 0 Å². The molecule has 0 unspecified atom stereocenters. The Morgan fingerprint density at radius 2 is 2.40 bits per heavy atom. The molecular formula is C7H6ClN2+. The van der Waals surface area contributed by atoms with E-state index in [-0.39, 0.29) is 0 Å². The van der Waals surface area contributed by atoms with E-state index in [1.165, 1.54) is 0 Å². The zero-order valence-electron chi connectivity index (χ0n) is 5.50. The molecule has 1 heterocycles. The van der Waals surface area contributed by atoms with Crippen LogP contribution >= 0.6 is 11.6 Å². The fourth-order valence-corrected chi connectivity index (χ4v) is 0.785. The maximum Gasteiger partial charge on any atom is 0.275 e. The second-order valence-electron chi connectivity index (χ2n) is 1.96. The summed E-state index contributed by atoms with van der Waals surface area (Å²) < 4.78 is 1.74. The van der Waals surface area contributed by atoms with E-state index in [0.717, 1.165) is 0 Å². The van der Waals surface area contributed by atoms with Gasteiger partial charge in [0.25, 0.3) is 5.15 Å². The molecule has 0 aliphatic rings. The molecule has 1 aromatic rings. The van der Waals surface area contributed by atoms with Gasteiger partial charge in [-0.3, -0.25) is 0 Å². The van der Waals surface area contributed by atoms with E-state index in [1.54, 1.807) is 22.9 Å². The molecule has 1 rings (SSSR count). The Morgan fingerprint density at radius 3 is 2.90 bits per heavy atom. The minimum atomic E-state index is 0.569. The molecule has 0 fully saturated rings. The average Bonchev–Trinajstić information content (AvgIpc) is 1.95. The third-order valence-electron chi connectivity index (χ3n) is 1.22. The van der Waals surface area contributed by atoms with Crippen molar-refractivity contribution in [1.29, 1.82) is 5.26 Å². The number of nitriles is 1. The predicted molar refractivity (Wildman–Crippen MR) is 37.3 cm³/mol. The van der Waals surface area contributed by atoms with Crippen LogP contribution in [0.5, 0.6) is 0 Å². The van der Waals surface area contributed by atoms with Crippen molar-refractivity contribution >= 4 is 11.6 Å². The molecule has 0 saturated heterocycles. The molecule has 0 N–H and O–H groups in total. The number of hydrogen-bond donors (Lipinski definition) is 0. The quantitative estimate of drug-likeness (QED) is 0.404. The van der Waals surface area contributed by atoms with Crippen molar-refractivity contribution in [2.24, 2.45) is 7.05 Å². The van der Waals surface area contributed by atoms with Gasteiger partial charge in [0, 0.05) is 12.1 Å². The summed E-state index contributed by atoms with van der Waals surface area (Å²) in [7, 11) is 1.82. The first-order chi connectivity index (χ1) is 4.74. The van der Waals surface area contributed by atoms with Crippen LogP contribution < -0.4 is 4.57 Å². The van der Waals surface area contributed by atoms with Crippen LogP contribution in [0.15, 0.2) is 18.3 Å². The molecule has 0 saturated carbocycles. The van der Waals surface area contributed by atoms with Crippen molar-refractivity contribution < 1.29 is 4.57 Å². The van der Waals surface area contributed by atoms with Crippen molar-refractivity contribution in [3.05, 3.63) is 29.0 Å². The molecule has 0 aliphatic carbocycles. The van der Waals surface area contributed by atoms with Crippen molar-refractivity contribution in [2.75, 3.05) is 0 Å².